The number of carbonyl (C=O) groups excluding carboxylic acids is 1. The smallest absolute Gasteiger partial charge is 0.220 e. The van der Waals surface area contributed by atoms with Crippen LogP contribution in [0, 0.1) is 0 Å². The highest BCUT2D eigenvalue weighted by atomic mass is 16.3. The summed E-state index contributed by atoms with van der Waals surface area (Å²) in [5, 5.41) is 23.4. The first-order valence-electron chi connectivity index (χ1n) is 38.3. The van der Waals surface area contributed by atoms with Crippen molar-refractivity contribution in [3.05, 3.63) is 85.1 Å². The number of aliphatic hydroxyl groups is 2. The number of allylic oxidation sites excluding steroid dienone is 13. The molecule has 0 aromatic heterocycles. The van der Waals surface area contributed by atoms with Crippen LogP contribution in [-0.4, -0.2) is 34.9 Å². The van der Waals surface area contributed by atoms with Crippen LogP contribution in [0.4, 0.5) is 0 Å². The van der Waals surface area contributed by atoms with Gasteiger partial charge in [-0.1, -0.05) is 414 Å². The second-order valence-corrected chi connectivity index (χ2v) is 26.0. The summed E-state index contributed by atoms with van der Waals surface area (Å²) >= 11 is 0. The first kappa shape index (κ1) is 82.6. The number of hydrogen-bond acceptors (Lipinski definition) is 3. The molecule has 2 unspecified atom stereocenters. The van der Waals surface area contributed by atoms with E-state index in [1.54, 1.807) is 6.08 Å². The average molecular weight is 1190 g/mol. The van der Waals surface area contributed by atoms with Crippen molar-refractivity contribution in [2.45, 2.75) is 418 Å². The molecule has 0 radical (unpaired) electrons. The SMILES string of the molecule is CC/C=C\C/C=C\C/C=C\C/C=C\C/C=C\C/C=C\CCCCCCCCCCCCCCCCCCCCCCCCC(=O)NC(CO)C(O)/C=C/CCCCCCCCCCCCCCCCCCCCCCCCCCCCCCCC. The molecular formula is C81H149NO3. The van der Waals surface area contributed by atoms with Crippen LogP contribution >= 0.6 is 0 Å². The van der Waals surface area contributed by atoms with Gasteiger partial charge in [-0.05, 0) is 70.6 Å². The predicted octanol–water partition coefficient (Wildman–Crippen LogP) is 26.6. The lowest BCUT2D eigenvalue weighted by Crippen LogP contribution is -2.45. The molecule has 0 saturated carbocycles. The monoisotopic (exact) mass is 1180 g/mol. The van der Waals surface area contributed by atoms with E-state index in [1.165, 1.54) is 321 Å². The van der Waals surface area contributed by atoms with Gasteiger partial charge in [0.25, 0.3) is 0 Å². The Morgan fingerprint density at radius 3 is 0.776 bits per heavy atom. The topological polar surface area (TPSA) is 69.6 Å². The lowest BCUT2D eigenvalue weighted by atomic mass is 10.0. The first-order valence-corrected chi connectivity index (χ1v) is 38.3. The molecule has 3 N–H and O–H groups in total. The Bertz CT molecular complexity index is 1490. The van der Waals surface area contributed by atoms with Gasteiger partial charge in [-0.3, -0.25) is 4.79 Å². The van der Waals surface area contributed by atoms with Crippen molar-refractivity contribution in [2.75, 3.05) is 6.61 Å². The van der Waals surface area contributed by atoms with E-state index >= 15 is 0 Å². The molecule has 0 fully saturated rings. The maximum absolute atomic E-state index is 12.6. The summed E-state index contributed by atoms with van der Waals surface area (Å²) < 4.78 is 0. The van der Waals surface area contributed by atoms with Gasteiger partial charge in [0.2, 0.25) is 5.91 Å². The van der Waals surface area contributed by atoms with Crippen molar-refractivity contribution in [3.8, 4) is 0 Å². The molecule has 0 aromatic rings. The highest BCUT2D eigenvalue weighted by Crippen LogP contribution is 2.19. The largest absolute Gasteiger partial charge is 0.394 e. The van der Waals surface area contributed by atoms with Crippen molar-refractivity contribution in [1.29, 1.82) is 0 Å². The third kappa shape index (κ3) is 72.2. The molecule has 496 valence electrons. The Labute approximate surface area is 532 Å². The van der Waals surface area contributed by atoms with E-state index in [-0.39, 0.29) is 12.5 Å². The molecule has 0 aliphatic rings. The van der Waals surface area contributed by atoms with Crippen LogP contribution in [0.5, 0.6) is 0 Å². The van der Waals surface area contributed by atoms with Crippen LogP contribution in [0.1, 0.15) is 406 Å². The molecule has 85 heavy (non-hydrogen) atoms. The molecular weight excluding hydrogens is 1030 g/mol. The number of amides is 1. The van der Waals surface area contributed by atoms with Gasteiger partial charge < -0.3 is 15.5 Å². The minimum absolute atomic E-state index is 0.0571. The summed E-state index contributed by atoms with van der Waals surface area (Å²) in [4.78, 5) is 12.6. The fourth-order valence-corrected chi connectivity index (χ4v) is 11.9. The van der Waals surface area contributed by atoms with Crippen LogP contribution in [0.2, 0.25) is 0 Å². The van der Waals surface area contributed by atoms with E-state index in [0.29, 0.717) is 6.42 Å². The number of unbranched alkanes of at least 4 members (excludes halogenated alkanes) is 52. The highest BCUT2D eigenvalue weighted by molar-refractivity contribution is 5.76. The van der Waals surface area contributed by atoms with Crippen LogP contribution in [-0.2, 0) is 4.79 Å². The number of carbonyl (C=O) groups is 1. The van der Waals surface area contributed by atoms with Gasteiger partial charge in [0.1, 0.15) is 0 Å². The number of aliphatic hydroxyl groups excluding tert-OH is 2. The number of hydrogen-bond donors (Lipinski definition) is 3. The van der Waals surface area contributed by atoms with Crippen molar-refractivity contribution in [1.82, 2.24) is 5.32 Å². The summed E-state index contributed by atoms with van der Waals surface area (Å²) in [7, 11) is 0. The Morgan fingerprint density at radius 2 is 0.518 bits per heavy atom. The maximum Gasteiger partial charge on any atom is 0.220 e. The lowest BCUT2D eigenvalue weighted by molar-refractivity contribution is -0.123. The van der Waals surface area contributed by atoms with Gasteiger partial charge in [-0.25, -0.2) is 0 Å². The van der Waals surface area contributed by atoms with E-state index in [1.807, 2.05) is 6.08 Å². The van der Waals surface area contributed by atoms with Gasteiger partial charge in [-0.2, -0.15) is 0 Å². The maximum atomic E-state index is 12.6. The molecule has 0 spiro atoms. The van der Waals surface area contributed by atoms with Crippen LogP contribution < -0.4 is 5.32 Å². The third-order valence-electron chi connectivity index (χ3n) is 17.6. The zero-order valence-corrected chi connectivity index (χ0v) is 57.4. The molecule has 0 aliphatic heterocycles. The Kier molecular flexibility index (Phi) is 73.7. The molecule has 4 nitrogen and oxygen atoms in total. The Hall–Kier alpha value is -2.43. The summed E-state index contributed by atoms with van der Waals surface area (Å²) in [6.45, 7) is 4.23. The van der Waals surface area contributed by atoms with Gasteiger partial charge >= 0.3 is 0 Å². The number of rotatable bonds is 71. The van der Waals surface area contributed by atoms with Gasteiger partial charge in [-0.15, -0.1) is 0 Å². The van der Waals surface area contributed by atoms with Crippen molar-refractivity contribution < 1.29 is 15.0 Å². The van der Waals surface area contributed by atoms with E-state index in [2.05, 4.69) is 92.1 Å². The Morgan fingerprint density at radius 1 is 0.294 bits per heavy atom. The van der Waals surface area contributed by atoms with Crippen LogP contribution in [0.25, 0.3) is 0 Å². The molecule has 2 atom stereocenters. The van der Waals surface area contributed by atoms with Crippen LogP contribution in [0.3, 0.4) is 0 Å². The minimum atomic E-state index is -0.843. The molecule has 0 aromatic carbocycles. The average Bonchev–Trinajstić information content (AvgIpc) is 3.51. The van der Waals surface area contributed by atoms with Crippen molar-refractivity contribution >= 4 is 5.91 Å². The molecule has 0 saturated heterocycles. The second-order valence-electron chi connectivity index (χ2n) is 26.0. The highest BCUT2D eigenvalue weighted by Gasteiger charge is 2.18. The molecule has 0 aliphatic carbocycles. The molecule has 4 heteroatoms. The minimum Gasteiger partial charge on any atom is -0.394 e. The summed E-state index contributed by atoms with van der Waals surface area (Å²) in [5.41, 5.74) is 0. The van der Waals surface area contributed by atoms with Crippen molar-refractivity contribution in [2.24, 2.45) is 0 Å². The molecule has 0 rings (SSSR count). The predicted molar refractivity (Wildman–Crippen MR) is 382 cm³/mol. The normalized spacial score (nSPS) is 13.1. The van der Waals surface area contributed by atoms with Gasteiger partial charge in [0.05, 0.1) is 18.8 Å². The van der Waals surface area contributed by atoms with Gasteiger partial charge in [0, 0.05) is 6.42 Å². The summed E-state index contributed by atoms with van der Waals surface area (Å²) in [6, 6.07) is -0.626. The second kappa shape index (κ2) is 75.8. The Balaban J connectivity index is 3.42. The fraction of sp³-hybridized carbons (Fsp3) is 0.815. The van der Waals surface area contributed by atoms with E-state index in [9.17, 15) is 15.0 Å². The van der Waals surface area contributed by atoms with E-state index in [4.69, 9.17) is 0 Å². The van der Waals surface area contributed by atoms with E-state index in [0.717, 1.165) is 64.2 Å². The molecule has 1 amide bonds. The lowest BCUT2D eigenvalue weighted by Gasteiger charge is -2.20. The standard InChI is InChI=1S/C81H149NO3/c1-3-5-7-9-11-13-15-17-19-21-23-25-27-29-31-33-35-37-38-39-40-41-42-43-44-45-47-49-51-53-55-57-59-61-63-65-67-69-71-73-75-77-81(85)82-79(78-83)80(84)76-74-72-70-68-66-64-62-60-58-56-54-52-50-48-46-36-34-32-30-28-26-24-22-20-18-16-14-12-10-8-6-4-2/h5,7,11,13,17,19,23,25,29,31,35,37,74,76,79-80,83-84H,3-4,6,8-10,12,14-16,18,20-22,24,26-28,30,32-34,36,38-73,75,77-78H2,1-2H3,(H,82,85)/b7-5-,13-11-,19-17-,25-23-,31-29-,37-35-,76-74+. The zero-order chi connectivity index (χ0) is 61.2. The summed E-state index contributed by atoms with van der Waals surface area (Å²) in [6.07, 6.45) is 111. The molecule has 0 bridgehead atoms. The van der Waals surface area contributed by atoms with Gasteiger partial charge in [0.15, 0.2) is 0 Å². The third-order valence-corrected chi connectivity index (χ3v) is 17.6. The summed E-state index contributed by atoms with van der Waals surface area (Å²) in [5.74, 6) is -0.0571. The molecule has 0 heterocycles. The van der Waals surface area contributed by atoms with E-state index < -0.39 is 12.1 Å². The fourth-order valence-electron chi connectivity index (χ4n) is 11.9. The van der Waals surface area contributed by atoms with Crippen molar-refractivity contribution in [3.63, 3.8) is 0 Å². The quantitative estimate of drug-likeness (QED) is 0.0420. The zero-order valence-electron chi connectivity index (χ0n) is 57.4. The first-order chi connectivity index (χ1) is 42.2. The van der Waals surface area contributed by atoms with Crippen LogP contribution in [0.15, 0.2) is 85.1 Å². The number of nitrogens with one attached hydrogen (secondary N) is 1.